The van der Waals surface area contributed by atoms with Gasteiger partial charge in [0.1, 0.15) is 0 Å². The third kappa shape index (κ3) is 2.58. The normalized spacial score (nSPS) is 11.1. The van der Waals surface area contributed by atoms with Crippen molar-refractivity contribution in [1.29, 1.82) is 0 Å². The van der Waals surface area contributed by atoms with Crippen LogP contribution < -0.4 is 5.73 Å². The Balaban J connectivity index is 2.90. The van der Waals surface area contributed by atoms with Crippen LogP contribution in [0.1, 0.15) is 15.9 Å². The van der Waals surface area contributed by atoms with Crippen molar-refractivity contribution in [3.63, 3.8) is 0 Å². The van der Waals surface area contributed by atoms with Crippen molar-refractivity contribution in [1.82, 2.24) is 0 Å². The summed E-state index contributed by atoms with van der Waals surface area (Å²) in [5.74, 6) is -0.395. The Morgan fingerprint density at radius 1 is 1.50 bits per heavy atom. The number of benzene rings is 1. The van der Waals surface area contributed by atoms with Crippen LogP contribution in [0.4, 0.5) is 0 Å². The monoisotopic (exact) mass is 192 g/mol. The highest BCUT2D eigenvalue weighted by Gasteiger charge is 2.04. The second-order valence-electron chi connectivity index (χ2n) is 2.83. The number of rotatable bonds is 1. The number of aliphatic imine (C=N–C) groups is 1. The molecule has 0 saturated carbocycles. The zero-order valence-electron chi connectivity index (χ0n) is 8.15. The maximum atomic E-state index is 11.4. The molecule has 0 saturated heterocycles. The molecule has 0 aliphatic rings. The van der Waals surface area contributed by atoms with E-state index in [1.165, 1.54) is 7.11 Å². The quantitative estimate of drug-likeness (QED) is 0.535. The SMILES string of the molecule is COC(N)=NC(=O)c1cccc(C)c1. The molecule has 4 nitrogen and oxygen atoms in total. The fourth-order valence-corrected chi connectivity index (χ4v) is 0.988. The van der Waals surface area contributed by atoms with Crippen LogP contribution in [0.3, 0.4) is 0 Å². The molecule has 0 bridgehead atoms. The van der Waals surface area contributed by atoms with E-state index in [0.717, 1.165) is 5.56 Å². The average molecular weight is 192 g/mol. The topological polar surface area (TPSA) is 64.7 Å². The molecule has 4 heteroatoms. The molecule has 0 heterocycles. The third-order valence-electron chi connectivity index (χ3n) is 1.69. The van der Waals surface area contributed by atoms with Crippen LogP contribution in [-0.2, 0) is 4.74 Å². The van der Waals surface area contributed by atoms with Gasteiger partial charge in [-0.15, -0.1) is 0 Å². The molecule has 0 atom stereocenters. The van der Waals surface area contributed by atoms with Crippen LogP contribution in [0.5, 0.6) is 0 Å². The Labute approximate surface area is 82.4 Å². The first-order chi connectivity index (χ1) is 6.63. The number of amides is 1. The van der Waals surface area contributed by atoms with E-state index in [9.17, 15) is 4.79 Å². The summed E-state index contributed by atoms with van der Waals surface area (Å²) in [4.78, 5) is 15.0. The molecule has 1 aromatic rings. The number of carbonyl (C=O) groups excluding carboxylic acids is 1. The van der Waals surface area contributed by atoms with Crippen molar-refractivity contribution in [3.8, 4) is 0 Å². The lowest BCUT2D eigenvalue weighted by molar-refractivity contribution is 0.0999. The molecule has 14 heavy (non-hydrogen) atoms. The highest BCUT2D eigenvalue weighted by atomic mass is 16.5. The number of hydrogen-bond acceptors (Lipinski definition) is 2. The summed E-state index contributed by atoms with van der Waals surface area (Å²) in [7, 11) is 1.36. The number of aryl methyl sites for hydroxylation is 1. The van der Waals surface area contributed by atoms with Gasteiger partial charge >= 0.3 is 0 Å². The minimum absolute atomic E-state index is 0.128. The molecule has 74 valence electrons. The molecule has 0 aliphatic carbocycles. The van der Waals surface area contributed by atoms with Gasteiger partial charge in [0.05, 0.1) is 7.11 Å². The third-order valence-corrected chi connectivity index (χ3v) is 1.69. The standard InChI is InChI=1S/C10H12N2O2/c1-7-4-3-5-8(6-7)9(13)12-10(11)14-2/h3-6H,1-2H3,(H2,11,12,13). The summed E-state index contributed by atoms with van der Waals surface area (Å²) >= 11 is 0. The van der Waals surface area contributed by atoms with Gasteiger partial charge < -0.3 is 10.5 Å². The Hall–Kier alpha value is -1.84. The highest BCUT2D eigenvalue weighted by molar-refractivity contribution is 6.01. The van der Waals surface area contributed by atoms with E-state index in [1.54, 1.807) is 18.2 Å². The molecular weight excluding hydrogens is 180 g/mol. The van der Waals surface area contributed by atoms with Crippen LogP contribution in [0.2, 0.25) is 0 Å². The average Bonchev–Trinajstić information content (AvgIpc) is 2.17. The summed E-state index contributed by atoms with van der Waals surface area (Å²) in [6, 6.07) is 6.99. The van der Waals surface area contributed by atoms with Gasteiger partial charge in [-0.3, -0.25) is 4.79 Å². The van der Waals surface area contributed by atoms with Crippen LogP contribution >= 0.6 is 0 Å². The molecular formula is C10H12N2O2. The summed E-state index contributed by atoms with van der Waals surface area (Å²) in [5, 5.41) is 0. The van der Waals surface area contributed by atoms with E-state index in [2.05, 4.69) is 9.73 Å². The van der Waals surface area contributed by atoms with E-state index < -0.39 is 5.91 Å². The number of carbonyl (C=O) groups is 1. The molecule has 0 fully saturated rings. The van der Waals surface area contributed by atoms with Crippen molar-refractivity contribution in [2.45, 2.75) is 6.92 Å². The van der Waals surface area contributed by atoms with Gasteiger partial charge in [0.15, 0.2) is 0 Å². The molecule has 1 rings (SSSR count). The van der Waals surface area contributed by atoms with E-state index in [4.69, 9.17) is 5.73 Å². The number of nitrogens with two attached hydrogens (primary N) is 1. The maximum absolute atomic E-state index is 11.4. The van der Waals surface area contributed by atoms with Crippen molar-refractivity contribution < 1.29 is 9.53 Å². The predicted octanol–water partition coefficient (Wildman–Crippen LogP) is 1.10. The van der Waals surface area contributed by atoms with E-state index >= 15 is 0 Å². The lowest BCUT2D eigenvalue weighted by Gasteiger charge is -1.98. The Morgan fingerprint density at radius 3 is 2.79 bits per heavy atom. The molecule has 1 aromatic carbocycles. The van der Waals surface area contributed by atoms with Gasteiger partial charge in [0, 0.05) is 5.56 Å². The molecule has 2 N–H and O–H groups in total. The number of nitrogens with zero attached hydrogens (tertiary/aromatic N) is 1. The Bertz CT molecular complexity index is 372. The van der Waals surface area contributed by atoms with Crippen LogP contribution in [0.25, 0.3) is 0 Å². The fourth-order valence-electron chi connectivity index (χ4n) is 0.988. The fraction of sp³-hybridized carbons (Fsp3) is 0.200. The molecule has 0 aromatic heterocycles. The number of hydrogen-bond donors (Lipinski definition) is 1. The maximum Gasteiger partial charge on any atom is 0.289 e. The molecule has 0 radical (unpaired) electrons. The highest BCUT2D eigenvalue weighted by Crippen LogP contribution is 2.05. The zero-order chi connectivity index (χ0) is 10.6. The van der Waals surface area contributed by atoms with Crippen molar-refractivity contribution in [3.05, 3.63) is 35.4 Å². The van der Waals surface area contributed by atoms with Gasteiger partial charge in [-0.1, -0.05) is 17.7 Å². The predicted molar refractivity (Wildman–Crippen MR) is 54.1 cm³/mol. The van der Waals surface area contributed by atoms with Crippen LogP contribution in [0, 0.1) is 6.92 Å². The zero-order valence-corrected chi connectivity index (χ0v) is 8.15. The smallest absolute Gasteiger partial charge is 0.289 e. The van der Waals surface area contributed by atoms with Crippen LogP contribution in [0.15, 0.2) is 29.3 Å². The summed E-state index contributed by atoms with van der Waals surface area (Å²) in [6.07, 6.45) is 0. The van der Waals surface area contributed by atoms with E-state index in [1.807, 2.05) is 13.0 Å². The van der Waals surface area contributed by atoms with Gasteiger partial charge in [0.2, 0.25) is 0 Å². The first kappa shape index (κ1) is 10.2. The second kappa shape index (κ2) is 4.41. The summed E-state index contributed by atoms with van der Waals surface area (Å²) in [5.41, 5.74) is 6.76. The second-order valence-corrected chi connectivity index (χ2v) is 2.83. The van der Waals surface area contributed by atoms with Crippen molar-refractivity contribution >= 4 is 11.9 Å². The van der Waals surface area contributed by atoms with Gasteiger partial charge in [-0.2, -0.15) is 4.99 Å². The van der Waals surface area contributed by atoms with Crippen molar-refractivity contribution in [2.75, 3.05) is 7.11 Å². The summed E-state index contributed by atoms with van der Waals surface area (Å²) in [6.45, 7) is 1.90. The number of amidine groups is 1. The minimum atomic E-state index is -0.395. The Morgan fingerprint density at radius 2 is 2.21 bits per heavy atom. The molecule has 0 unspecified atom stereocenters. The van der Waals surface area contributed by atoms with E-state index in [0.29, 0.717) is 5.56 Å². The first-order valence-corrected chi connectivity index (χ1v) is 4.12. The molecule has 0 aliphatic heterocycles. The van der Waals surface area contributed by atoms with Gasteiger partial charge in [-0.25, -0.2) is 0 Å². The Kier molecular flexibility index (Phi) is 3.23. The largest absolute Gasteiger partial charge is 0.468 e. The summed E-state index contributed by atoms with van der Waals surface area (Å²) < 4.78 is 4.58. The lowest BCUT2D eigenvalue weighted by atomic mass is 10.1. The molecule has 1 amide bonds. The molecule has 0 spiro atoms. The van der Waals surface area contributed by atoms with Crippen LogP contribution in [-0.4, -0.2) is 19.0 Å². The minimum Gasteiger partial charge on any atom is -0.468 e. The van der Waals surface area contributed by atoms with Gasteiger partial charge in [-0.05, 0) is 19.1 Å². The van der Waals surface area contributed by atoms with E-state index in [-0.39, 0.29) is 6.02 Å². The lowest BCUT2D eigenvalue weighted by Crippen LogP contribution is -2.16. The van der Waals surface area contributed by atoms with Gasteiger partial charge in [0.25, 0.3) is 11.9 Å². The number of methoxy groups -OCH3 is 1. The number of ether oxygens (including phenoxy) is 1. The first-order valence-electron chi connectivity index (χ1n) is 4.12. The van der Waals surface area contributed by atoms with Crippen molar-refractivity contribution in [2.24, 2.45) is 10.7 Å².